The van der Waals surface area contributed by atoms with Crippen LogP contribution in [-0.4, -0.2) is 38.5 Å². The summed E-state index contributed by atoms with van der Waals surface area (Å²) in [5, 5.41) is 11.1. The Morgan fingerprint density at radius 3 is 2.92 bits per heavy atom. The highest BCUT2D eigenvalue weighted by Gasteiger charge is 2.34. The number of aryl methyl sites for hydroxylation is 2. The molecule has 3 heterocycles. The molecule has 8 nitrogen and oxygen atoms in total. The SMILES string of the molecule is Cc1cc(C(=O)NC[C@H]2CC[C@@H](c3nc(C4CC4)no3)O2)n(C)n1. The zero-order valence-corrected chi connectivity index (χ0v) is 13.9. The molecule has 1 aliphatic carbocycles. The third-order valence-corrected chi connectivity index (χ3v) is 4.51. The maximum absolute atomic E-state index is 12.2. The van der Waals surface area contributed by atoms with Gasteiger partial charge < -0.3 is 14.6 Å². The largest absolute Gasteiger partial charge is 0.363 e. The molecular formula is C16H21N5O3. The molecule has 1 N–H and O–H groups in total. The number of rotatable bonds is 5. The van der Waals surface area contributed by atoms with Gasteiger partial charge in [-0.25, -0.2) is 0 Å². The van der Waals surface area contributed by atoms with Crippen molar-refractivity contribution in [1.29, 1.82) is 0 Å². The van der Waals surface area contributed by atoms with Crippen molar-refractivity contribution < 1.29 is 14.1 Å². The van der Waals surface area contributed by atoms with Crippen LogP contribution >= 0.6 is 0 Å². The van der Waals surface area contributed by atoms with Gasteiger partial charge in [-0.05, 0) is 38.7 Å². The minimum atomic E-state index is -0.161. The van der Waals surface area contributed by atoms with E-state index in [2.05, 4.69) is 20.6 Å². The Kier molecular flexibility index (Phi) is 3.84. The average Bonchev–Trinajstić information content (AvgIpc) is 2.98. The molecule has 1 aliphatic heterocycles. The Balaban J connectivity index is 1.30. The van der Waals surface area contributed by atoms with Gasteiger partial charge in [-0.15, -0.1) is 0 Å². The number of hydrogen-bond acceptors (Lipinski definition) is 6. The fourth-order valence-corrected chi connectivity index (χ4v) is 3.04. The molecule has 2 fully saturated rings. The first-order valence-electron chi connectivity index (χ1n) is 8.38. The Labute approximate surface area is 139 Å². The molecule has 128 valence electrons. The van der Waals surface area contributed by atoms with E-state index in [4.69, 9.17) is 9.26 Å². The molecule has 0 spiro atoms. The fourth-order valence-electron chi connectivity index (χ4n) is 3.04. The summed E-state index contributed by atoms with van der Waals surface area (Å²) in [5.41, 5.74) is 1.37. The quantitative estimate of drug-likeness (QED) is 0.895. The lowest BCUT2D eigenvalue weighted by Gasteiger charge is -2.12. The Morgan fingerprint density at radius 2 is 2.21 bits per heavy atom. The number of aromatic nitrogens is 4. The van der Waals surface area contributed by atoms with Gasteiger partial charge in [0.25, 0.3) is 11.8 Å². The topological polar surface area (TPSA) is 95.1 Å². The minimum absolute atomic E-state index is 0.0375. The fraction of sp³-hybridized carbons (Fsp3) is 0.625. The zero-order chi connectivity index (χ0) is 16.7. The van der Waals surface area contributed by atoms with E-state index in [1.807, 2.05) is 6.92 Å². The standard InChI is InChI=1S/C16H21N5O3/c1-9-7-12(21(2)19-9)15(22)17-8-11-5-6-13(23-11)16-18-14(20-24-16)10-3-4-10/h7,10-11,13H,3-6,8H2,1-2H3,(H,17,22)/t11-,13+/m1/s1. The molecule has 2 aromatic heterocycles. The average molecular weight is 331 g/mol. The van der Waals surface area contributed by atoms with Crippen LogP contribution in [-0.2, 0) is 11.8 Å². The summed E-state index contributed by atoms with van der Waals surface area (Å²) in [6, 6.07) is 1.77. The van der Waals surface area contributed by atoms with Gasteiger partial charge in [0.2, 0.25) is 0 Å². The van der Waals surface area contributed by atoms with Gasteiger partial charge in [-0.1, -0.05) is 5.16 Å². The highest BCUT2D eigenvalue weighted by Crippen LogP contribution is 2.39. The normalized spacial score (nSPS) is 23.6. The molecule has 1 saturated carbocycles. The van der Waals surface area contributed by atoms with Gasteiger partial charge in [-0.2, -0.15) is 10.1 Å². The van der Waals surface area contributed by atoms with E-state index in [1.165, 1.54) is 0 Å². The zero-order valence-electron chi connectivity index (χ0n) is 13.9. The molecule has 0 radical (unpaired) electrons. The maximum Gasteiger partial charge on any atom is 0.269 e. The van der Waals surface area contributed by atoms with E-state index in [0.29, 0.717) is 24.0 Å². The van der Waals surface area contributed by atoms with E-state index in [-0.39, 0.29) is 18.1 Å². The van der Waals surface area contributed by atoms with Gasteiger partial charge in [0.15, 0.2) is 5.82 Å². The van der Waals surface area contributed by atoms with Crippen LogP contribution in [0, 0.1) is 6.92 Å². The van der Waals surface area contributed by atoms with Crippen molar-refractivity contribution in [3.63, 3.8) is 0 Å². The van der Waals surface area contributed by atoms with Gasteiger partial charge in [0.1, 0.15) is 11.8 Å². The number of carbonyl (C=O) groups is 1. The molecule has 8 heteroatoms. The van der Waals surface area contributed by atoms with Crippen molar-refractivity contribution in [3.05, 3.63) is 29.2 Å². The van der Waals surface area contributed by atoms with Gasteiger partial charge >= 0.3 is 0 Å². The maximum atomic E-state index is 12.2. The Hall–Kier alpha value is -2.22. The first kappa shape index (κ1) is 15.3. The summed E-state index contributed by atoms with van der Waals surface area (Å²) < 4.78 is 12.9. The number of carbonyl (C=O) groups excluding carboxylic acids is 1. The summed E-state index contributed by atoms with van der Waals surface area (Å²) in [7, 11) is 1.76. The third kappa shape index (κ3) is 3.06. The molecule has 1 saturated heterocycles. The van der Waals surface area contributed by atoms with Crippen LogP contribution in [0.2, 0.25) is 0 Å². The second-order valence-electron chi connectivity index (χ2n) is 6.59. The molecular weight excluding hydrogens is 310 g/mol. The van der Waals surface area contributed by atoms with Crippen molar-refractivity contribution in [1.82, 2.24) is 25.2 Å². The van der Waals surface area contributed by atoms with Gasteiger partial charge in [0.05, 0.1) is 11.8 Å². The molecule has 0 aromatic carbocycles. The number of amides is 1. The van der Waals surface area contributed by atoms with E-state index in [0.717, 1.165) is 37.2 Å². The summed E-state index contributed by atoms with van der Waals surface area (Å²) in [6.45, 7) is 2.32. The molecule has 2 aliphatic rings. The van der Waals surface area contributed by atoms with Crippen molar-refractivity contribution in [2.45, 2.75) is 50.7 Å². The van der Waals surface area contributed by atoms with E-state index < -0.39 is 0 Å². The smallest absolute Gasteiger partial charge is 0.269 e. The lowest BCUT2D eigenvalue weighted by Crippen LogP contribution is -2.33. The third-order valence-electron chi connectivity index (χ3n) is 4.51. The number of nitrogens with one attached hydrogen (secondary N) is 1. The molecule has 24 heavy (non-hydrogen) atoms. The highest BCUT2D eigenvalue weighted by molar-refractivity contribution is 5.92. The van der Waals surface area contributed by atoms with Crippen LogP contribution in [0.15, 0.2) is 10.6 Å². The molecule has 2 aromatic rings. The predicted molar refractivity (Wildman–Crippen MR) is 83.4 cm³/mol. The number of nitrogens with zero attached hydrogens (tertiary/aromatic N) is 4. The van der Waals surface area contributed by atoms with Crippen LogP contribution < -0.4 is 5.32 Å². The second kappa shape index (κ2) is 6.01. The summed E-state index contributed by atoms with van der Waals surface area (Å²) in [5.74, 6) is 1.70. The number of hydrogen-bond donors (Lipinski definition) is 1. The van der Waals surface area contributed by atoms with Crippen molar-refractivity contribution >= 4 is 5.91 Å². The predicted octanol–water partition coefficient (Wildman–Crippen LogP) is 1.64. The minimum Gasteiger partial charge on any atom is -0.363 e. The van der Waals surface area contributed by atoms with Gasteiger partial charge in [0, 0.05) is 19.5 Å². The monoisotopic (exact) mass is 331 g/mol. The first-order valence-corrected chi connectivity index (χ1v) is 8.38. The highest BCUT2D eigenvalue weighted by atomic mass is 16.5. The summed E-state index contributed by atoms with van der Waals surface area (Å²) in [4.78, 5) is 16.6. The molecule has 0 unspecified atom stereocenters. The van der Waals surface area contributed by atoms with Gasteiger partial charge in [-0.3, -0.25) is 9.48 Å². The van der Waals surface area contributed by atoms with Crippen LogP contribution in [0.1, 0.15) is 65.6 Å². The Bertz CT molecular complexity index is 749. The molecule has 1 amide bonds. The van der Waals surface area contributed by atoms with Crippen LogP contribution in [0.4, 0.5) is 0 Å². The molecule has 0 bridgehead atoms. The lowest BCUT2D eigenvalue weighted by atomic mass is 10.2. The van der Waals surface area contributed by atoms with Crippen molar-refractivity contribution in [3.8, 4) is 0 Å². The second-order valence-corrected chi connectivity index (χ2v) is 6.59. The molecule has 2 atom stereocenters. The van der Waals surface area contributed by atoms with Crippen LogP contribution in [0.5, 0.6) is 0 Å². The molecule has 4 rings (SSSR count). The van der Waals surface area contributed by atoms with E-state index >= 15 is 0 Å². The van der Waals surface area contributed by atoms with E-state index in [1.54, 1.807) is 17.8 Å². The summed E-state index contributed by atoms with van der Waals surface area (Å²) in [6.07, 6.45) is 3.78. The first-order chi connectivity index (χ1) is 11.6. The number of ether oxygens (including phenoxy) is 1. The van der Waals surface area contributed by atoms with Crippen LogP contribution in [0.25, 0.3) is 0 Å². The summed E-state index contributed by atoms with van der Waals surface area (Å²) >= 11 is 0. The van der Waals surface area contributed by atoms with Crippen molar-refractivity contribution in [2.24, 2.45) is 7.05 Å². The Morgan fingerprint density at radius 1 is 1.38 bits per heavy atom. The van der Waals surface area contributed by atoms with Crippen LogP contribution in [0.3, 0.4) is 0 Å². The lowest BCUT2D eigenvalue weighted by molar-refractivity contribution is 0.0261. The van der Waals surface area contributed by atoms with E-state index in [9.17, 15) is 4.79 Å². The van der Waals surface area contributed by atoms with Crippen molar-refractivity contribution in [2.75, 3.05) is 6.54 Å².